The number of halogens is 5. The normalized spacial score (nSPS) is 15.5. The molecule has 1 aliphatic rings. The minimum Gasteiger partial charge on any atom is -0.368 e. The number of nitrogens with one attached hydrogen (secondary N) is 1. The van der Waals surface area contributed by atoms with Crippen molar-refractivity contribution in [3.05, 3.63) is 65.2 Å². The first kappa shape index (κ1) is 24.5. The van der Waals surface area contributed by atoms with Crippen LogP contribution in [0.5, 0.6) is 0 Å². The molecule has 1 atom stereocenters. The fourth-order valence-corrected chi connectivity index (χ4v) is 3.70. The molecular formula is C23H24F5N3O2. The molecule has 5 nitrogen and oxygen atoms in total. The molecule has 2 aromatic carbocycles. The molecule has 1 heterocycles. The third-order valence-electron chi connectivity index (χ3n) is 5.54. The Morgan fingerprint density at radius 2 is 1.52 bits per heavy atom. The molecule has 1 saturated heterocycles. The Labute approximate surface area is 188 Å². The topological polar surface area (TPSA) is 52.7 Å². The van der Waals surface area contributed by atoms with Gasteiger partial charge in [-0.25, -0.2) is 8.78 Å². The molecule has 1 aliphatic heterocycles. The monoisotopic (exact) mass is 469 g/mol. The highest BCUT2D eigenvalue weighted by Crippen LogP contribution is 2.32. The molecule has 0 spiro atoms. The summed E-state index contributed by atoms with van der Waals surface area (Å²) < 4.78 is 66.9. The predicted octanol–water partition coefficient (Wildman–Crippen LogP) is 4.09. The van der Waals surface area contributed by atoms with Crippen molar-refractivity contribution < 1.29 is 31.5 Å². The minimum absolute atomic E-state index is 0.224. The average Bonchev–Trinajstić information content (AvgIpc) is 2.76. The van der Waals surface area contributed by atoms with E-state index in [4.69, 9.17) is 0 Å². The summed E-state index contributed by atoms with van der Waals surface area (Å²) in [5.74, 6) is -3.87. The second kappa shape index (κ2) is 9.76. The van der Waals surface area contributed by atoms with Crippen molar-refractivity contribution in [2.45, 2.75) is 26.1 Å². The van der Waals surface area contributed by atoms with E-state index in [-0.39, 0.29) is 19.0 Å². The first-order valence-corrected chi connectivity index (χ1v) is 10.4. The van der Waals surface area contributed by atoms with Gasteiger partial charge < -0.3 is 15.1 Å². The lowest BCUT2D eigenvalue weighted by atomic mass is 10.0. The van der Waals surface area contributed by atoms with Crippen LogP contribution in [0.4, 0.5) is 27.6 Å². The standard InChI is InChI=1S/C23H24F5N3O2/c1-14(2)20(29-21(32)19-17(24)7-4-8-18(19)25)22(33)31-11-9-30(10-12-31)16-6-3-5-15(13-16)23(26,27)28/h3-8,13-14,20H,9-12H2,1-2H3,(H,29,32)/t20-/m0/s1. The molecule has 0 radical (unpaired) electrons. The van der Waals surface area contributed by atoms with Gasteiger partial charge in [0.25, 0.3) is 5.91 Å². The average molecular weight is 469 g/mol. The van der Waals surface area contributed by atoms with Gasteiger partial charge in [0, 0.05) is 31.9 Å². The third kappa shape index (κ3) is 5.61. The van der Waals surface area contributed by atoms with E-state index in [1.165, 1.54) is 11.0 Å². The first-order valence-electron chi connectivity index (χ1n) is 10.4. The van der Waals surface area contributed by atoms with Crippen molar-refractivity contribution in [3.63, 3.8) is 0 Å². The number of piperazine rings is 1. The number of amides is 2. The second-order valence-electron chi connectivity index (χ2n) is 8.15. The molecule has 0 unspecified atom stereocenters. The van der Waals surface area contributed by atoms with E-state index in [0.29, 0.717) is 18.8 Å². The van der Waals surface area contributed by atoms with Gasteiger partial charge in [0.2, 0.25) is 5.91 Å². The molecule has 2 aromatic rings. The molecule has 178 valence electrons. The quantitative estimate of drug-likeness (QED) is 0.672. The van der Waals surface area contributed by atoms with Gasteiger partial charge in [-0.1, -0.05) is 26.0 Å². The van der Waals surface area contributed by atoms with Gasteiger partial charge in [-0.05, 0) is 36.2 Å². The molecule has 0 saturated carbocycles. The number of alkyl halides is 3. The summed E-state index contributed by atoms with van der Waals surface area (Å²) in [6.45, 7) is 4.44. The maximum atomic E-state index is 13.9. The van der Waals surface area contributed by atoms with Gasteiger partial charge in [-0.2, -0.15) is 13.2 Å². The number of nitrogens with zero attached hydrogens (tertiary/aromatic N) is 2. The number of hydrogen-bond donors (Lipinski definition) is 1. The summed E-state index contributed by atoms with van der Waals surface area (Å²) >= 11 is 0. The molecule has 10 heteroatoms. The summed E-state index contributed by atoms with van der Waals surface area (Å²) in [6.07, 6.45) is -4.45. The maximum Gasteiger partial charge on any atom is 0.416 e. The smallest absolute Gasteiger partial charge is 0.368 e. The lowest BCUT2D eigenvalue weighted by Gasteiger charge is -2.38. The van der Waals surface area contributed by atoms with E-state index in [0.717, 1.165) is 30.3 Å². The zero-order valence-corrected chi connectivity index (χ0v) is 18.1. The Kier molecular flexibility index (Phi) is 7.24. The van der Waals surface area contributed by atoms with E-state index >= 15 is 0 Å². The maximum absolute atomic E-state index is 13.9. The number of benzene rings is 2. The van der Waals surface area contributed by atoms with Gasteiger partial charge in [0.15, 0.2) is 0 Å². The fraction of sp³-hybridized carbons (Fsp3) is 0.391. The summed E-state index contributed by atoms with van der Waals surface area (Å²) in [7, 11) is 0. The zero-order valence-electron chi connectivity index (χ0n) is 18.1. The lowest BCUT2D eigenvalue weighted by molar-refractivity contribution is -0.137. The van der Waals surface area contributed by atoms with Gasteiger partial charge in [0.1, 0.15) is 23.2 Å². The number of carbonyl (C=O) groups is 2. The van der Waals surface area contributed by atoms with Crippen LogP contribution in [0, 0.1) is 17.6 Å². The SMILES string of the molecule is CC(C)[C@H](NC(=O)c1c(F)cccc1F)C(=O)N1CCN(c2cccc(C(F)(F)F)c2)CC1. The van der Waals surface area contributed by atoms with Gasteiger partial charge in [-0.3, -0.25) is 9.59 Å². The van der Waals surface area contributed by atoms with Crippen LogP contribution in [0.15, 0.2) is 42.5 Å². The number of rotatable bonds is 5. The van der Waals surface area contributed by atoms with E-state index < -0.39 is 46.8 Å². The molecule has 2 amide bonds. The van der Waals surface area contributed by atoms with E-state index in [1.807, 2.05) is 0 Å². The van der Waals surface area contributed by atoms with Crippen molar-refractivity contribution >= 4 is 17.5 Å². The van der Waals surface area contributed by atoms with Crippen molar-refractivity contribution in [2.75, 3.05) is 31.1 Å². The molecule has 1 N–H and O–H groups in total. The fourth-order valence-electron chi connectivity index (χ4n) is 3.70. The number of hydrogen-bond acceptors (Lipinski definition) is 3. The predicted molar refractivity (Wildman–Crippen MR) is 113 cm³/mol. The lowest BCUT2D eigenvalue weighted by Crippen LogP contribution is -2.56. The molecule has 0 aliphatic carbocycles. The van der Waals surface area contributed by atoms with E-state index in [2.05, 4.69) is 5.32 Å². The zero-order chi connectivity index (χ0) is 24.3. The van der Waals surface area contributed by atoms with Crippen LogP contribution in [-0.2, 0) is 11.0 Å². The number of anilines is 1. The Bertz CT molecular complexity index is 997. The van der Waals surface area contributed by atoms with Crippen LogP contribution in [0.2, 0.25) is 0 Å². The Morgan fingerprint density at radius 1 is 0.939 bits per heavy atom. The third-order valence-corrected chi connectivity index (χ3v) is 5.54. The van der Waals surface area contributed by atoms with Crippen LogP contribution >= 0.6 is 0 Å². The van der Waals surface area contributed by atoms with Gasteiger partial charge in [0.05, 0.1) is 5.56 Å². The van der Waals surface area contributed by atoms with Crippen molar-refractivity contribution in [3.8, 4) is 0 Å². The summed E-state index contributed by atoms with van der Waals surface area (Å²) in [5.41, 5.74) is -1.10. The Morgan fingerprint density at radius 3 is 2.06 bits per heavy atom. The molecule has 0 bridgehead atoms. The summed E-state index contributed by atoms with van der Waals surface area (Å²) in [6, 6.07) is 7.01. The van der Waals surface area contributed by atoms with Crippen LogP contribution in [0.3, 0.4) is 0 Å². The molecular weight excluding hydrogens is 445 g/mol. The highest BCUT2D eigenvalue weighted by molar-refractivity contribution is 5.98. The van der Waals surface area contributed by atoms with Crippen LogP contribution in [0.25, 0.3) is 0 Å². The van der Waals surface area contributed by atoms with Gasteiger partial charge >= 0.3 is 6.18 Å². The van der Waals surface area contributed by atoms with Crippen LogP contribution < -0.4 is 10.2 Å². The highest BCUT2D eigenvalue weighted by atomic mass is 19.4. The van der Waals surface area contributed by atoms with Crippen molar-refractivity contribution in [1.29, 1.82) is 0 Å². The highest BCUT2D eigenvalue weighted by Gasteiger charge is 2.33. The van der Waals surface area contributed by atoms with E-state index in [1.54, 1.807) is 24.8 Å². The van der Waals surface area contributed by atoms with Crippen molar-refractivity contribution in [1.82, 2.24) is 10.2 Å². The van der Waals surface area contributed by atoms with Gasteiger partial charge in [-0.15, -0.1) is 0 Å². The summed E-state index contributed by atoms with van der Waals surface area (Å²) in [4.78, 5) is 28.8. The largest absolute Gasteiger partial charge is 0.416 e. The van der Waals surface area contributed by atoms with Crippen molar-refractivity contribution in [2.24, 2.45) is 5.92 Å². The molecule has 1 fully saturated rings. The Hall–Kier alpha value is -3.17. The van der Waals surface area contributed by atoms with Crippen LogP contribution in [0.1, 0.15) is 29.8 Å². The first-order chi connectivity index (χ1) is 15.5. The molecule has 33 heavy (non-hydrogen) atoms. The number of carbonyl (C=O) groups excluding carboxylic acids is 2. The second-order valence-corrected chi connectivity index (χ2v) is 8.15. The van der Waals surface area contributed by atoms with Crippen LogP contribution in [-0.4, -0.2) is 48.9 Å². The molecule has 0 aromatic heterocycles. The minimum atomic E-state index is -4.45. The summed E-state index contributed by atoms with van der Waals surface area (Å²) in [5, 5.41) is 2.43. The van der Waals surface area contributed by atoms with E-state index in [9.17, 15) is 31.5 Å². The molecule has 3 rings (SSSR count). The Balaban J connectivity index is 1.67.